The molecule has 0 heterocycles. The van der Waals surface area contributed by atoms with Crippen molar-refractivity contribution in [3.05, 3.63) is 29.3 Å². The van der Waals surface area contributed by atoms with Crippen LogP contribution in [0.4, 0.5) is 4.39 Å². The van der Waals surface area contributed by atoms with E-state index in [1.807, 2.05) is 31.1 Å². The van der Waals surface area contributed by atoms with Crippen LogP contribution < -0.4 is 10.5 Å². The lowest BCUT2D eigenvalue weighted by Crippen LogP contribution is -2.12. The second-order valence-corrected chi connectivity index (χ2v) is 4.35. The molecule has 0 saturated carbocycles. The number of rotatable bonds is 6. The van der Waals surface area contributed by atoms with Crippen LogP contribution in [0.25, 0.3) is 0 Å². The summed E-state index contributed by atoms with van der Waals surface area (Å²) in [6.45, 7) is 1.09. The van der Waals surface area contributed by atoms with Gasteiger partial charge in [0.05, 0.1) is 7.11 Å². The fraction of sp³-hybridized carbons (Fsp3) is 0.538. The van der Waals surface area contributed by atoms with Crippen LogP contribution >= 0.6 is 0 Å². The Bertz CT molecular complexity index is 355. The summed E-state index contributed by atoms with van der Waals surface area (Å²) in [6, 6.07) is 5.44. The van der Waals surface area contributed by atoms with E-state index in [4.69, 9.17) is 10.5 Å². The number of alkyl halides is 1. The minimum atomic E-state index is -0.994. The van der Waals surface area contributed by atoms with E-state index in [1.54, 1.807) is 13.2 Å². The van der Waals surface area contributed by atoms with Gasteiger partial charge in [-0.2, -0.15) is 0 Å². The Morgan fingerprint density at radius 2 is 2.12 bits per heavy atom. The summed E-state index contributed by atoms with van der Waals surface area (Å²) in [4.78, 5) is 2.03. The molecule has 3 nitrogen and oxygen atoms in total. The summed E-state index contributed by atoms with van der Waals surface area (Å²) < 4.78 is 19.0. The van der Waals surface area contributed by atoms with Gasteiger partial charge in [-0.1, -0.05) is 6.07 Å². The minimum absolute atomic E-state index is 0.355. The van der Waals surface area contributed by atoms with Crippen LogP contribution in [0.1, 0.15) is 23.7 Å². The summed E-state index contributed by atoms with van der Waals surface area (Å²) in [5.41, 5.74) is 7.04. The first-order chi connectivity index (χ1) is 8.08. The van der Waals surface area contributed by atoms with Gasteiger partial charge in [0, 0.05) is 12.1 Å². The number of methoxy groups -OCH3 is 1. The Labute approximate surface area is 102 Å². The largest absolute Gasteiger partial charge is 0.496 e. The molecule has 1 atom stereocenters. The maximum atomic E-state index is 13.8. The molecular formula is C13H21FN2O. The normalized spacial score (nSPS) is 12.8. The van der Waals surface area contributed by atoms with Crippen LogP contribution in [-0.4, -0.2) is 32.6 Å². The standard InChI is InChI=1S/C13H21FN2O/c1-16(2)9-11-8-10(12(14)6-7-15)4-5-13(11)17-3/h4-5,8,12H,6-7,9,15H2,1-3H3. The molecule has 0 amide bonds. The van der Waals surface area contributed by atoms with Crippen molar-refractivity contribution in [1.29, 1.82) is 0 Å². The molecule has 0 aliphatic rings. The van der Waals surface area contributed by atoms with E-state index in [9.17, 15) is 4.39 Å². The van der Waals surface area contributed by atoms with Crippen molar-refractivity contribution >= 4 is 0 Å². The van der Waals surface area contributed by atoms with Gasteiger partial charge in [-0.05, 0) is 44.8 Å². The highest BCUT2D eigenvalue weighted by atomic mass is 19.1. The first kappa shape index (κ1) is 13.9. The molecule has 0 fully saturated rings. The molecule has 2 N–H and O–H groups in total. The number of nitrogens with two attached hydrogens (primary N) is 1. The van der Waals surface area contributed by atoms with Crippen molar-refractivity contribution in [2.75, 3.05) is 27.7 Å². The molecule has 96 valence electrons. The van der Waals surface area contributed by atoms with Gasteiger partial charge in [0.15, 0.2) is 0 Å². The van der Waals surface area contributed by atoms with Crippen molar-refractivity contribution < 1.29 is 9.13 Å². The lowest BCUT2D eigenvalue weighted by atomic mass is 10.0. The molecule has 0 aliphatic heterocycles. The lowest BCUT2D eigenvalue weighted by molar-refractivity contribution is 0.325. The fourth-order valence-corrected chi connectivity index (χ4v) is 1.77. The van der Waals surface area contributed by atoms with Gasteiger partial charge in [-0.25, -0.2) is 4.39 Å². The van der Waals surface area contributed by atoms with Crippen LogP contribution in [0.5, 0.6) is 5.75 Å². The Kier molecular flexibility index (Phi) is 5.38. The van der Waals surface area contributed by atoms with Crippen molar-refractivity contribution in [2.45, 2.75) is 19.1 Å². The molecule has 17 heavy (non-hydrogen) atoms. The molecule has 4 heteroatoms. The Balaban J connectivity index is 2.95. The van der Waals surface area contributed by atoms with Crippen LogP contribution in [0.3, 0.4) is 0 Å². The Hall–Kier alpha value is -1.13. The van der Waals surface area contributed by atoms with Gasteiger partial charge >= 0.3 is 0 Å². The van der Waals surface area contributed by atoms with Crippen LogP contribution in [0.2, 0.25) is 0 Å². The van der Waals surface area contributed by atoms with Crippen LogP contribution in [0.15, 0.2) is 18.2 Å². The summed E-state index contributed by atoms with van der Waals surface area (Å²) in [7, 11) is 5.57. The summed E-state index contributed by atoms with van der Waals surface area (Å²) in [5.74, 6) is 0.794. The lowest BCUT2D eigenvalue weighted by Gasteiger charge is -2.16. The van der Waals surface area contributed by atoms with Gasteiger partial charge in [0.25, 0.3) is 0 Å². The number of hydrogen-bond donors (Lipinski definition) is 1. The quantitative estimate of drug-likeness (QED) is 0.827. The number of ether oxygens (including phenoxy) is 1. The van der Waals surface area contributed by atoms with Crippen molar-refractivity contribution in [3.63, 3.8) is 0 Å². The average Bonchev–Trinajstić information content (AvgIpc) is 2.28. The number of halogens is 1. The van der Waals surface area contributed by atoms with Crippen molar-refractivity contribution in [3.8, 4) is 5.75 Å². The molecule has 1 aromatic rings. The smallest absolute Gasteiger partial charge is 0.126 e. The molecule has 0 radical (unpaired) electrons. The predicted octanol–water partition coefficient (Wildman–Crippen LogP) is 2.12. The van der Waals surface area contributed by atoms with Gasteiger partial charge in [0.1, 0.15) is 11.9 Å². The van der Waals surface area contributed by atoms with Gasteiger partial charge in [-0.15, -0.1) is 0 Å². The number of hydrogen-bond acceptors (Lipinski definition) is 3. The molecule has 0 aromatic heterocycles. The molecule has 1 unspecified atom stereocenters. The van der Waals surface area contributed by atoms with E-state index >= 15 is 0 Å². The van der Waals surface area contributed by atoms with Crippen molar-refractivity contribution in [2.24, 2.45) is 5.73 Å². The molecule has 1 aromatic carbocycles. The van der Waals surface area contributed by atoms with E-state index in [0.29, 0.717) is 18.5 Å². The second-order valence-electron chi connectivity index (χ2n) is 4.35. The molecule has 0 bridgehead atoms. The van der Waals surface area contributed by atoms with Crippen LogP contribution in [-0.2, 0) is 6.54 Å². The number of benzene rings is 1. The zero-order valence-electron chi connectivity index (χ0n) is 10.7. The molecule has 0 aliphatic carbocycles. The highest BCUT2D eigenvalue weighted by Gasteiger charge is 2.12. The second kappa shape index (κ2) is 6.57. The maximum Gasteiger partial charge on any atom is 0.126 e. The summed E-state index contributed by atoms with van der Waals surface area (Å²) in [6.07, 6.45) is -0.639. The zero-order valence-corrected chi connectivity index (χ0v) is 10.7. The number of nitrogens with zero attached hydrogens (tertiary/aromatic N) is 1. The first-order valence-corrected chi connectivity index (χ1v) is 5.74. The zero-order chi connectivity index (χ0) is 12.8. The van der Waals surface area contributed by atoms with E-state index in [0.717, 1.165) is 17.9 Å². The van der Waals surface area contributed by atoms with Gasteiger partial charge < -0.3 is 15.4 Å². The fourth-order valence-electron chi connectivity index (χ4n) is 1.77. The molecule has 1 rings (SSSR count). The van der Waals surface area contributed by atoms with E-state index in [2.05, 4.69) is 0 Å². The summed E-state index contributed by atoms with van der Waals surface area (Å²) >= 11 is 0. The molecular weight excluding hydrogens is 219 g/mol. The van der Waals surface area contributed by atoms with Gasteiger partial charge in [0.2, 0.25) is 0 Å². The third-order valence-corrected chi connectivity index (χ3v) is 2.57. The van der Waals surface area contributed by atoms with E-state index in [1.165, 1.54) is 0 Å². The third kappa shape index (κ3) is 3.98. The topological polar surface area (TPSA) is 38.5 Å². The van der Waals surface area contributed by atoms with E-state index in [-0.39, 0.29) is 0 Å². The van der Waals surface area contributed by atoms with Crippen LogP contribution in [0, 0.1) is 0 Å². The third-order valence-electron chi connectivity index (χ3n) is 2.57. The highest BCUT2D eigenvalue weighted by Crippen LogP contribution is 2.27. The average molecular weight is 240 g/mol. The SMILES string of the molecule is COc1ccc(C(F)CCN)cc1CN(C)C. The Morgan fingerprint density at radius 3 is 2.65 bits per heavy atom. The predicted molar refractivity (Wildman–Crippen MR) is 67.9 cm³/mol. The molecule has 0 saturated heterocycles. The monoisotopic (exact) mass is 240 g/mol. The Morgan fingerprint density at radius 1 is 1.41 bits per heavy atom. The van der Waals surface area contributed by atoms with E-state index < -0.39 is 6.17 Å². The minimum Gasteiger partial charge on any atom is -0.496 e. The first-order valence-electron chi connectivity index (χ1n) is 5.74. The molecule has 0 spiro atoms. The summed E-state index contributed by atoms with van der Waals surface area (Å²) in [5, 5.41) is 0. The van der Waals surface area contributed by atoms with Gasteiger partial charge in [-0.3, -0.25) is 0 Å². The highest BCUT2D eigenvalue weighted by molar-refractivity contribution is 5.38. The van der Waals surface area contributed by atoms with Crippen molar-refractivity contribution in [1.82, 2.24) is 4.90 Å². The maximum absolute atomic E-state index is 13.8.